The second-order valence-electron chi connectivity index (χ2n) is 14.7. The number of aryl methyl sites for hydroxylation is 6. The number of unbranched alkanes of at least 4 members (excludes halogenated alkanes) is 1. The maximum atomic E-state index is 4.78. The molecule has 0 spiro atoms. The van der Waals surface area contributed by atoms with E-state index in [9.17, 15) is 0 Å². The SMILES string of the molecule is CCC.CCCCOC.CCCOC.Cc1ccc(C(C)(C)c2ccc(C)cc2)cc1.Cc1ccc(C)cc1.Cc1ccc(Cc2ccc(C)cc2)cc1. The highest BCUT2D eigenvalue weighted by Gasteiger charge is 2.22. The van der Waals surface area contributed by atoms with Gasteiger partial charge in [-0.2, -0.15) is 0 Å². The summed E-state index contributed by atoms with van der Waals surface area (Å²) in [5.41, 5.74) is 13.5. The molecule has 5 aromatic carbocycles. The second kappa shape index (κ2) is 30.4. The lowest BCUT2D eigenvalue weighted by Gasteiger charge is -2.26. The minimum absolute atomic E-state index is 0.0708. The first kappa shape index (κ1) is 50.0. The third-order valence-electron chi connectivity index (χ3n) is 8.52. The normalized spacial score (nSPS) is 9.96. The van der Waals surface area contributed by atoms with E-state index in [4.69, 9.17) is 9.47 Å². The van der Waals surface area contributed by atoms with Gasteiger partial charge in [-0.15, -0.1) is 0 Å². The van der Waals surface area contributed by atoms with Gasteiger partial charge in [0.05, 0.1) is 0 Å². The van der Waals surface area contributed by atoms with E-state index in [1.54, 1.807) is 14.2 Å². The van der Waals surface area contributed by atoms with E-state index in [1.165, 1.54) is 74.9 Å². The Morgan fingerprint density at radius 2 is 0.648 bits per heavy atom. The van der Waals surface area contributed by atoms with Gasteiger partial charge in [-0.3, -0.25) is 0 Å². The number of hydrogen-bond donors (Lipinski definition) is 0. The number of hydrogen-bond acceptors (Lipinski definition) is 2. The second-order valence-corrected chi connectivity index (χ2v) is 14.7. The van der Waals surface area contributed by atoms with Crippen molar-refractivity contribution in [1.29, 1.82) is 0 Å². The van der Waals surface area contributed by atoms with Crippen molar-refractivity contribution in [3.63, 3.8) is 0 Å². The van der Waals surface area contributed by atoms with Crippen molar-refractivity contribution in [2.75, 3.05) is 27.4 Å². The van der Waals surface area contributed by atoms with Crippen molar-refractivity contribution in [2.24, 2.45) is 0 Å². The molecular weight excluding hydrogens is 657 g/mol. The zero-order valence-corrected chi connectivity index (χ0v) is 36.8. The fraction of sp³-hybridized carbons (Fsp3) is 0.423. The Balaban J connectivity index is 0.000000687. The van der Waals surface area contributed by atoms with E-state index >= 15 is 0 Å². The Labute approximate surface area is 333 Å². The zero-order chi connectivity index (χ0) is 40.8. The predicted molar refractivity (Wildman–Crippen MR) is 240 cm³/mol. The van der Waals surface area contributed by atoms with Gasteiger partial charge in [0.15, 0.2) is 0 Å². The summed E-state index contributed by atoms with van der Waals surface area (Å²) < 4.78 is 9.47. The maximum absolute atomic E-state index is 4.78. The van der Waals surface area contributed by atoms with Crippen molar-refractivity contribution < 1.29 is 9.47 Å². The van der Waals surface area contributed by atoms with E-state index in [0.717, 1.165) is 26.1 Å². The molecule has 0 atom stereocenters. The van der Waals surface area contributed by atoms with Gasteiger partial charge in [0.1, 0.15) is 0 Å². The number of benzene rings is 5. The molecule has 0 fully saturated rings. The fourth-order valence-electron chi connectivity index (χ4n) is 4.88. The van der Waals surface area contributed by atoms with Gasteiger partial charge in [0, 0.05) is 32.8 Å². The lowest BCUT2D eigenvalue weighted by Crippen LogP contribution is -2.18. The molecule has 0 bridgehead atoms. The first-order valence-electron chi connectivity index (χ1n) is 20.0. The van der Waals surface area contributed by atoms with Crippen LogP contribution in [0.4, 0.5) is 0 Å². The largest absolute Gasteiger partial charge is 0.385 e. The average molecular weight is 733 g/mol. The molecule has 0 aliphatic rings. The van der Waals surface area contributed by atoms with Crippen molar-refractivity contribution >= 4 is 0 Å². The highest BCUT2D eigenvalue weighted by Crippen LogP contribution is 2.31. The van der Waals surface area contributed by atoms with Gasteiger partial charge in [0.2, 0.25) is 0 Å². The molecule has 5 aromatic rings. The lowest BCUT2D eigenvalue weighted by atomic mass is 9.78. The molecule has 0 amide bonds. The zero-order valence-electron chi connectivity index (χ0n) is 36.8. The van der Waals surface area contributed by atoms with E-state index < -0.39 is 0 Å². The predicted octanol–water partition coefficient (Wildman–Crippen LogP) is 14.7. The maximum Gasteiger partial charge on any atom is 0.0462 e. The van der Waals surface area contributed by atoms with Crippen LogP contribution in [0.2, 0.25) is 0 Å². The molecule has 0 heterocycles. The minimum Gasteiger partial charge on any atom is -0.385 e. The summed E-state index contributed by atoms with van der Waals surface area (Å²) in [6, 6.07) is 43.6. The van der Waals surface area contributed by atoms with Crippen molar-refractivity contribution in [1.82, 2.24) is 0 Å². The minimum atomic E-state index is 0.0708. The van der Waals surface area contributed by atoms with Crippen molar-refractivity contribution in [3.05, 3.63) is 177 Å². The van der Waals surface area contributed by atoms with E-state index in [1.807, 2.05) is 0 Å². The Bertz CT molecular complexity index is 1440. The molecule has 2 heteroatoms. The molecule has 0 unspecified atom stereocenters. The van der Waals surface area contributed by atoms with Gasteiger partial charge < -0.3 is 9.47 Å². The van der Waals surface area contributed by atoms with E-state index in [0.29, 0.717) is 0 Å². The fourth-order valence-corrected chi connectivity index (χ4v) is 4.88. The standard InChI is InChI=1S/C17H20.C15H16.C8H10.C5H12O.C4H10O.C3H8/c1-13-5-9-15(10-6-13)17(3,4)16-11-7-14(2)8-12-16;1-12-3-7-14(8-4-12)11-15-9-5-13(2)6-10-15;1-7-3-5-8(2)6-4-7;1-3-4-5-6-2;1-3-4-5-2;1-3-2/h5-12H,1-4H3;3-10H,11H2,1-2H3;3-6H,1-2H3;3-5H2,1-2H3;3-4H2,1-2H3;3H2,1-2H3. The summed E-state index contributed by atoms with van der Waals surface area (Å²) in [6.45, 7) is 27.5. The molecule has 296 valence electrons. The van der Waals surface area contributed by atoms with Crippen LogP contribution in [-0.4, -0.2) is 27.4 Å². The van der Waals surface area contributed by atoms with Crippen LogP contribution in [0.25, 0.3) is 0 Å². The van der Waals surface area contributed by atoms with Crippen molar-refractivity contribution in [2.45, 2.75) is 121 Å². The Kier molecular flexibility index (Phi) is 28.1. The van der Waals surface area contributed by atoms with Gasteiger partial charge >= 0.3 is 0 Å². The first-order chi connectivity index (χ1) is 25.8. The Hall–Kier alpha value is -3.98. The molecule has 0 saturated carbocycles. The first-order valence-corrected chi connectivity index (χ1v) is 20.0. The quantitative estimate of drug-likeness (QED) is 0.141. The van der Waals surface area contributed by atoms with Crippen LogP contribution in [0, 0.1) is 41.5 Å². The molecule has 2 nitrogen and oxygen atoms in total. The Morgan fingerprint density at radius 3 is 0.852 bits per heavy atom. The van der Waals surface area contributed by atoms with Gasteiger partial charge in [0.25, 0.3) is 0 Å². The van der Waals surface area contributed by atoms with Crippen LogP contribution in [0.3, 0.4) is 0 Å². The number of ether oxygens (including phenoxy) is 2. The average Bonchev–Trinajstić information content (AvgIpc) is 3.16. The summed E-state index contributed by atoms with van der Waals surface area (Å²) in [5, 5.41) is 0. The third kappa shape index (κ3) is 23.6. The highest BCUT2D eigenvalue weighted by molar-refractivity contribution is 5.39. The Morgan fingerprint density at radius 1 is 0.389 bits per heavy atom. The number of methoxy groups -OCH3 is 2. The third-order valence-corrected chi connectivity index (χ3v) is 8.52. The van der Waals surface area contributed by atoms with Crippen LogP contribution in [-0.2, 0) is 21.3 Å². The van der Waals surface area contributed by atoms with E-state index in [-0.39, 0.29) is 5.41 Å². The van der Waals surface area contributed by atoms with Crippen LogP contribution in [0.5, 0.6) is 0 Å². The van der Waals surface area contributed by atoms with Gasteiger partial charge in [-0.05, 0) is 83.1 Å². The van der Waals surface area contributed by atoms with Gasteiger partial charge in [-0.1, -0.05) is 209 Å². The molecule has 54 heavy (non-hydrogen) atoms. The smallest absolute Gasteiger partial charge is 0.0462 e. The van der Waals surface area contributed by atoms with Crippen molar-refractivity contribution in [3.8, 4) is 0 Å². The van der Waals surface area contributed by atoms with Gasteiger partial charge in [-0.25, -0.2) is 0 Å². The van der Waals surface area contributed by atoms with E-state index in [2.05, 4.69) is 204 Å². The monoisotopic (exact) mass is 733 g/mol. The molecule has 0 N–H and O–H groups in total. The summed E-state index contributed by atoms with van der Waals surface area (Å²) >= 11 is 0. The summed E-state index contributed by atoms with van der Waals surface area (Å²) in [5.74, 6) is 0. The molecule has 5 rings (SSSR count). The molecule has 0 aromatic heterocycles. The molecule has 0 aliphatic carbocycles. The molecule has 0 aliphatic heterocycles. The van der Waals surface area contributed by atoms with Crippen LogP contribution >= 0.6 is 0 Å². The van der Waals surface area contributed by atoms with Crippen LogP contribution in [0.1, 0.15) is 123 Å². The summed E-state index contributed by atoms with van der Waals surface area (Å²) in [4.78, 5) is 0. The molecular formula is C52H76O2. The summed E-state index contributed by atoms with van der Waals surface area (Å²) in [7, 11) is 3.44. The highest BCUT2D eigenvalue weighted by atomic mass is 16.5. The topological polar surface area (TPSA) is 18.5 Å². The lowest BCUT2D eigenvalue weighted by molar-refractivity contribution is 0.194. The van der Waals surface area contributed by atoms with Crippen LogP contribution < -0.4 is 0 Å². The molecule has 0 radical (unpaired) electrons. The van der Waals surface area contributed by atoms with Crippen LogP contribution in [0.15, 0.2) is 121 Å². The summed E-state index contributed by atoms with van der Waals surface area (Å²) in [6.07, 6.45) is 5.82. The number of rotatable bonds is 9. The molecule has 0 saturated heterocycles.